The molecule has 5 rings (SSSR count). The second-order valence-corrected chi connectivity index (χ2v) is 10.1. The maximum Gasteiger partial charge on any atom is 0.212 e. The van der Waals surface area contributed by atoms with Crippen molar-refractivity contribution in [2.45, 2.75) is 94.8 Å². The van der Waals surface area contributed by atoms with Crippen molar-refractivity contribution in [1.29, 1.82) is 0 Å². The maximum absolute atomic E-state index is 2.64. The first-order valence-electron chi connectivity index (χ1n) is 11.7. The van der Waals surface area contributed by atoms with Crippen molar-refractivity contribution in [3.63, 3.8) is 0 Å². The van der Waals surface area contributed by atoms with Gasteiger partial charge in [0.15, 0.2) is 6.20 Å². The molecule has 1 aromatic heterocycles. The molecule has 0 unspecified atom stereocenters. The lowest BCUT2D eigenvalue weighted by molar-refractivity contribution is -0.661. The molecule has 0 atom stereocenters. The predicted molar refractivity (Wildman–Crippen MR) is 117 cm³/mol. The highest BCUT2D eigenvalue weighted by atomic mass is 14.9. The molecule has 0 bridgehead atoms. The summed E-state index contributed by atoms with van der Waals surface area (Å²) < 4.78 is 2.44. The fraction of sp³-hybridized carbons (Fsp3) is 0.593. The van der Waals surface area contributed by atoms with Crippen LogP contribution < -0.4 is 4.57 Å². The number of rotatable bonds is 1. The van der Waals surface area contributed by atoms with Gasteiger partial charge in [-0.25, -0.2) is 4.57 Å². The van der Waals surface area contributed by atoms with Crippen molar-refractivity contribution in [3.8, 4) is 11.3 Å². The van der Waals surface area contributed by atoms with Gasteiger partial charge in [0.2, 0.25) is 5.69 Å². The summed E-state index contributed by atoms with van der Waals surface area (Å²) in [6.07, 6.45) is 19.7. The van der Waals surface area contributed by atoms with E-state index in [4.69, 9.17) is 0 Å². The van der Waals surface area contributed by atoms with Gasteiger partial charge in [-0.2, -0.15) is 0 Å². The molecule has 3 aliphatic carbocycles. The molecular formula is C27H36N+. The molecule has 2 fully saturated rings. The topological polar surface area (TPSA) is 3.88 Å². The first kappa shape index (κ1) is 18.4. The minimum atomic E-state index is 0.460. The van der Waals surface area contributed by atoms with E-state index in [0.717, 1.165) is 0 Å². The number of hydrogen-bond donors (Lipinski definition) is 0. The van der Waals surface area contributed by atoms with Crippen molar-refractivity contribution in [2.75, 3.05) is 0 Å². The summed E-state index contributed by atoms with van der Waals surface area (Å²) >= 11 is 0. The van der Waals surface area contributed by atoms with Crippen LogP contribution in [0.25, 0.3) is 11.3 Å². The van der Waals surface area contributed by atoms with Crippen LogP contribution >= 0.6 is 0 Å². The SMILES string of the molecule is Cc1ccccc1-c1cc2c(c[n+]1C)C1(CCCCC1)CCC21CCCCC1. The van der Waals surface area contributed by atoms with E-state index in [1.54, 1.807) is 11.1 Å². The molecule has 1 nitrogen and oxygen atoms in total. The Morgan fingerprint density at radius 3 is 1.89 bits per heavy atom. The van der Waals surface area contributed by atoms with Crippen LogP contribution in [0.5, 0.6) is 0 Å². The van der Waals surface area contributed by atoms with E-state index >= 15 is 0 Å². The Kier molecular flexibility index (Phi) is 4.61. The van der Waals surface area contributed by atoms with Gasteiger partial charge in [-0.1, -0.05) is 56.7 Å². The Labute approximate surface area is 171 Å². The normalized spacial score (nSPS) is 22.9. The number of aromatic nitrogens is 1. The largest absolute Gasteiger partial charge is 0.212 e. The zero-order chi connectivity index (χ0) is 19.2. The quantitative estimate of drug-likeness (QED) is 0.490. The molecule has 3 aliphatic rings. The summed E-state index contributed by atoms with van der Waals surface area (Å²) in [7, 11) is 2.28. The first-order chi connectivity index (χ1) is 13.6. The molecule has 1 heterocycles. The van der Waals surface area contributed by atoms with Crippen molar-refractivity contribution >= 4 is 0 Å². The second kappa shape index (κ2) is 7.01. The molecule has 0 radical (unpaired) electrons. The van der Waals surface area contributed by atoms with Gasteiger partial charge < -0.3 is 0 Å². The van der Waals surface area contributed by atoms with E-state index in [1.807, 2.05) is 0 Å². The van der Waals surface area contributed by atoms with E-state index in [-0.39, 0.29) is 0 Å². The van der Waals surface area contributed by atoms with Crippen LogP contribution in [0.15, 0.2) is 36.5 Å². The Bertz CT molecular complexity index is 866. The number of fused-ring (bicyclic) bond motifs is 3. The Balaban J connectivity index is 1.71. The molecule has 148 valence electrons. The van der Waals surface area contributed by atoms with Gasteiger partial charge in [0.1, 0.15) is 7.05 Å². The number of benzene rings is 1. The molecule has 1 heteroatoms. The van der Waals surface area contributed by atoms with Gasteiger partial charge in [-0.3, -0.25) is 0 Å². The van der Waals surface area contributed by atoms with Crippen LogP contribution in [-0.2, 0) is 17.9 Å². The van der Waals surface area contributed by atoms with E-state index in [0.29, 0.717) is 10.8 Å². The van der Waals surface area contributed by atoms with Gasteiger partial charge in [0.25, 0.3) is 0 Å². The summed E-state index contributed by atoms with van der Waals surface area (Å²) in [4.78, 5) is 0. The van der Waals surface area contributed by atoms with Gasteiger partial charge in [-0.05, 0) is 68.1 Å². The van der Waals surface area contributed by atoms with E-state index in [1.165, 1.54) is 93.9 Å². The molecule has 0 aliphatic heterocycles. The number of nitrogens with zero attached hydrogens (tertiary/aromatic N) is 1. The lowest BCUT2D eigenvalue weighted by Gasteiger charge is -2.50. The fourth-order valence-corrected chi connectivity index (χ4v) is 6.88. The summed E-state index contributed by atoms with van der Waals surface area (Å²) in [6.45, 7) is 2.26. The monoisotopic (exact) mass is 374 g/mol. The van der Waals surface area contributed by atoms with Crippen molar-refractivity contribution in [1.82, 2.24) is 0 Å². The van der Waals surface area contributed by atoms with Gasteiger partial charge >= 0.3 is 0 Å². The Morgan fingerprint density at radius 1 is 0.714 bits per heavy atom. The minimum absolute atomic E-state index is 0.460. The van der Waals surface area contributed by atoms with Crippen molar-refractivity contribution < 1.29 is 4.57 Å². The van der Waals surface area contributed by atoms with E-state index in [9.17, 15) is 0 Å². The minimum Gasteiger partial charge on any atom is -0.201 e. The van der Waals surface area contributed by atoms with Crippen molar-refractivity contribution in [3.05, 3.63) is 53.2 Å². The second-order valence-electron chi connectivity index (χ2n) is 10.1. The number of aryl methyl sites for hydroxylation is 2. The Morgan fingerprint density at radius 2 is 1.29 bits per heavy atom. The summed E-state index contributed by atoms with van der Waals surface area (Å²) in [5, 5.41) is 0. The fourth-order valence-electron chi connectivity index (χ4n) is 6.88. The van der Waals surface area contributed by atoms with Crippen LogP contribution in [0.4, 0.5) is 0 Å². The molecule has 0 amide bonds. The molecule has 0 saturated heterocycles. The van der Waals surface area contributed by atoms with Crippen LogP contribution in [0.1, 0.15) is 93.7 Å². The average Bonchev–Trinajstić information content (AvgIpc) is 2.73. The molecule has 0 N–H and O–H groups in total. The molecule has 1 aromatic carbocycles. The van der Waals surface area contributed by atoms with Crippen LogP contribution in [-0.4, -0.2) is 0 Å². The third-order valence-corrected chi connectivity index (χ3v) is 8.54. The smallest absolute Gasteiger partial charge is 0.201 e. The maximum atomic E-state index is 2.64. The summed E-state index contributed by atoms with van der Waals surface area (Å²) in [5.74, 6) is 0. The summed E-state index contributed by atoms with van der Waals surface area (Å²) in [6, 6.07) is 11.6. The Hall–Kier alpha value is -1.63. The molecule has 2 aromatic rings. The number of hydrogen-bond acceptors (Lipinski definition) is 0. The van der Waals surface area contributed by atoms with Crippen LogP contribution in [0.3, 0.4) is 0 Å². The zero-order valence-electron chi connectivity index (χ0n) is 17.9. The standard InChI is InChI=1S/C27H36N/c1-21-11-5-6-12-22(21)25-19-23-24(20-28(25)2)27(15-9-4-10-16-27)18-17-26(23)13-7-3-8-14-26/h5-6,11-12,19-20H,3-4,7-10,13-18H2,1-2H3/q+1. The van der Waals surface area contributed by atoms with E-state index < -0.39 is 0 Å². The zero-order valence-corrected chi connectivity index (χ0v) is 17.9. The molecule has 2 saturated carbocycles. The lowest BCUT2D eigenvalue weighted by atomic mass is 9.53. The number of pyridine rings is 1. The first-order valence-corrected chi connectivity index (χ1v) is 11.7. The van der Waals surface area contributed by atoms with Crippen LogP contribution in [0, 0.1) is 6.92 Å². The lowest BCUT2D eigenvalue weighted by Crippen LogP contribution is -2.46. The summed E-state index contributed by atoms with van der Waals surface area (Å²) in [5.41, 5.74) is 8.62. The molecule has 28 heavy (non-hydrogen) atoms. The van der Waals surface area contributed by atoms with Gasteiger partial charge in [0, 0.05) is 22.6 Å². The highest BCUT2D eigenvalue weighted by Gasteiger charge is 2.49. The highest BCUT2D eigenvalue weighted by molar-refractivity contribution is 5.63. The molecular weight excluding hydrogens is 338 g/mol. The average molecular weight is 375 g/mol. The van der Waals surface area contributed by atoms with Gasteiger partial charge in [0.05, 0.1) is 0 Å². The third-order valence-electron chi connectivity index (χ3n) is 8.54. The third kappa shape index (κ3) is 2.85. The highest BCUT2D eigenvalue weighted by Crippen LogP contribution is 2.56. The molecule has 2 spiro atoms. The van der Waals surface area contributed by atoms with Gasteiger partial charge in [-0.15, -0.1) is 0 Å². The predicted octanol–water partition coefficient (Wildman–Crippen LogP) is 6.68. The van der Waals surface area contributed by atoms with E-state index in [2.05, 4.69) is 55.1 Å². The van der Waals surface area contributed by atoms with Crippen LogP contribution in [0.2, 0.25) is 0 Å². The van der Waals surface area contributed by atoms with Crippen molar-refractivity contribution in [2.24, 2.45) is 7.05 Å².